The van der Waals surface area contributed by atoms with Crippen molar-refractivity contribution in [1.82, 2.24) is 0 Å². The van der Waals surface area contributed by atoms with Crippen molar-refractivity contribution in [2.24, 2.45) is 5.73 Å². The molecular formula is C12H16N4O3. The third-order valence-corrected chi connectivity index (χ3v) is 2.70. The Morgan fingerprint density at radius 2 is 2.26 bits per heavy atom. The number of rotatable bonds is 5. The molecule has 0 unspecified atom stereocenters. The van der Waals surface area contributed by atoms with Crippen LogP contribution in [0, 0.1) is 0 Å². The van der Waals surface area contributed by atoms with Gasteiger partial charge in [0.2, 0.25) is 5.91 Å². The van der Waals surface area contributed by atoms with Gasteiger partial charge in [-0.2, -0.15) is 0 Å². The van der Waals surface area contributed by atoms with Crippen molar-refractivity contribution in [3.63, 3.8) is 0 Å². The number of nitrogens with two attached hydrogens (primary N) is 2. The Kier molecular flexibility index (Phi) is 3.74. The van der Waals surface area contributed by atoms with E-state index in [2.05, 4.69) is 10.6 Å². The number of hydrogen-bond donors (Lipinski definition) is 4. The monoisotopic (exact) mass is 264 g/mol. The Balaban J connectivity index is 2.02. The number of amides is 2. The van der Waals surface area contributed by atoms with E-state index in [0.29, 0.717) is 42.2 Å². The number of benzene rings is 1. The van der Waals surface area contributed by atoms with E-state index in [4.69, 9.17) is 16.2 Å². The molecule has 2 amide bonds. The molecule has 0 aliphatic carbocycles. The minimum absolute atomic E-state index is 0.00216. The number of carbonyl (C=O) groups excluding carboxylic acids is 2. The van der Waals surface area contributed by atoms with E-state index in [1.165, 1.54) is 0 Å². The van der Waals surface area contributed by atoms with Crippen molar-refractivity contribution < 1.29 is 14.3 Å². The van der Waals surface area contributed by atoms with Crippen LogP contribution in [0.5, 0.6) is 5.75 Å². The molecule has 0 radical (unpaired) electrons. The molecular weight excluding hydrogens is 248 g/mol. The molecule has 0 spiro atoms. The minimum Gasteiger partial charge on any atom is -0.482 e. The highest BCUT2D eigenvalue weighted by atomic mass is 16.5. The van der Waals surface area contributed by atoms with Gasteiger partial charge in [0.05, 0.1) is 17.1 Å². The summed E-state index contributed by atoms with van der Waals surface area (Å²) in [4.78, 5) is 21.8. The van der Waals surface area contributed by atoms with E-state index in [9.17, 15) is 9.59 Å². The lowest BCUT2D eigenvalue weighted by atomic mass is 10.2. The molecule has 0 saturated heterocycles. The first-order valence-electron chi connectivity index (χ1n) is 5.94. The number of hydrogen-bond acceptors (Lipinski definition) is 5. The average molecular weight is 264 g/mol. The predicted octanol–water partition coefficient (Wildman–Crippen LogP) is 0.277. The molecule has 1 heterocycles. The summed E-state index contributed by atoms with van der Waals surface area (Å²) >= 11 is 0. The van der Waals surface area contributed by atoms with Crippen molar-refractivity contribution in [1.29, 1.82) is 0 Å². The third-order valence-electron chi connectivity index (χ3n) is 2.70. The number of carbonyl (C=O) groups is 2. The van der Waals surface area contributed by atoms with Crippen molar-refractivity contribution in [2.75, 3.05) is 29.5 Å². The van der Waals surface area contributed by atoms with Gasteiger partial charge in [-0.3, -0.25) is 9.59 Å². The fourth-order valence-corrected chi connectivity index (χ4v) is 1.78. The largest absolute Gasteiger partial charge is 0.482 e. The molecule has 0 atom stereocenters. The van der Waals surface area contributed by atoms with Crippen molar-refractivity contribution in [3.05, 3.63) is 12.1 Å². The quantitative estimate of drug-likeness (QED) is 0.449. The molecule has 2 rings (SSSR count). The number of primary amides is 1. The van der Waals surface area contributed by atoms with Crippen LogP contribution in [0.15, 0.2) is 12.1 Å². The van der Waals surface area contributed by atoms with E-state index in [1.807, 2.05) is 0 Å². The van der Waals surface area contributed by atoms with Gasteiger partial charge in [-0.05, 0) is 12.5 Å². The second-order valence-electron chi connectivity index (χ2n) is 4.27. The Labute approximate surface area is 110 Å². The van der Waals surface area contributed by atoms with Gasteiger partial charge in [0.25, 0.3) is 5.91 Å². The molecule has 0 bridgehead atoms. The Bertz CT molecular complexity index is 516. The lowest BCUT2D eigenvalue weighted by Crippen LogP contribution is -2.25. The van der Waals surface area contributed by atoms with Crippen LogP contribution in [0.2, 0.25) is 0 Å². The standard InChI is InChI=1S/C12H16N4O3/c13-7-4-10-9(16-12(18)6-19-10)5-8(7)15-3-1-2-11(14)17/h4-5,15H,1-3,6,13H2,(H2,14,17)(H,16,18). The van der Waals surface area contributed by atoms with Crippen LogP contribution in [-0.4, -0.2) is 25.0 Å². The Morgan fingerprint density at radius 1 is 1.47 bits per heavy atom. The first-order valence-corrected chi connectivity index (χ1v) is 5.94. The summed E-state index contributed by atoms with van der Waals surface area (Å²) in [6.07, 6.45) is 0.937. The second kappa shape index (κ2) is 5.47. The number of nitrogen functional groups attached to an aromatic ring is 1. The molecule has 0 fully saturated rings. The summed E-state index contributed by atoms with van der Waals surface area (Å²) in [6.45, 7) is 0.568. The molecule has 1 aliphatic heterocycles. The molecule has 1 aromatic rings. The van der Waals surface area contributed by atoms with Gasteiger partial charge in [-0.1, -0.05) is 0 Å². The van der Waals surface area contributed by atoms with Crippen LogP contribution in [-0.2, 0) is 9.59 Å². The van der Waals surface area contributed by atoms with Gasteiger partial charge in [0.15, 0.2) is 6.61 Å². The van der Waals surface area contributed by atoms with Gasteiger partial charge >= 0.3 is 0 Å². The summed E-state index contributed by atoms with van der Waals surface area (Å²) in [5, 5.41) is 5.80. The van der Waals surface area contributed by atoms with Gasteiger partial charge in [-0.25, -0.2) is 0 Å². The van der Waals surface area contributed by atoms with Crippen molar-refractivity contribution >= 4 is 28.9 Å². The third kappa shape index (κ3) is 3.27. The lowest BCUT2D eigenvalue weighted by Gasteiger charge is -2.20. The van der Waals surface area contributed by atoms with E-state index < -0.39 is 0 Å². The first-order chi connectivity index (χ1) is 9.06. The van der Waals surface area contributed by atoms with Gasteiger partial charge in [0.1, 0.15) is 5.75 Å². The minimum atomic E-state index is -0.333. The highest BCUT2D eigenvalue weighted by Crippen LogP contribution is 2.35. The molecule has 7 nitrogen and oxygen atoms in total. The van der Waals surface area contributed by atoms with Crippen LogP contribution < -0.4 is 26.8 Å². The molecule has 6 N–H and O–H groups in total. The fraction of sp³-hybridized carbons (Fsp3) is 0.333. The van der Waals surface area contributed by atoms with Crippen LogP contribution in [0.25, 0.3) is 0 Å². The van der Waals surface area contributed by atoms with Crippen LogP contribution in [0.4, 0.5) is 17.1 Å². The van der Waals surface area contributed by atoms with E-state index in [1.54, 1.807) is 12.1 Å². The molecule has 7 heteroatoms. The highest BCUT2D eigenvalue weighted by molar-refractivity contribution is 5.97. The number of nitrogens with one attached hydrogen (secondary N) is 2. The maximum atomic E-state index is 11.2. The zero-order valence-corrected chi connectivity index (χ0v) is 10.4. The first kappa shape index (κ1) is 13.0. The topological polar surface area (TPSA) is 119 Å². The highest BCUT2D eigenvalue weighted by Gasteiger charge is 2.17. The van der Waals surface area contributed by atoms with Gasteiger partial charge in [-0.15, -0.1) is 0 Å². The van der Waals surface area contributed by atoms with Crippen LogP contribution in [0.3, 0.4) is 0 Å². The zero-order chi connectivity index (χ0) is 13.8. The summed E-state index contributed by atoms with van der Waals surface area (Å²) < 4.78 is 5.25. The average Bonchev–Trinajstić information content (AvgIpc) is 2.35. The van der Waals surface area contributed by atoms with Gasteiger partial charge < -0.3 is 26.8 Å². The second-order valence-corrected chi connectivity index (χ2v) is 4.27. The molecule has 19 heavy (non-hydrogen) atoms. The van der Waals surface area contributed by atoms with Crippen molar-refractivity contribution in [3.8, 4) is 5.75 Å². The molecule has 1 aromatic carbocycles. The lowest BCUT2D eigenvalue weighted by molar-refractivity contribution is -0.119. The number of ether oxygens (including phenoxy) is 1. The van der Waals surface area contributed by atoms with Crippen molar-refractivity contribution in [2.45, 2.75) is 12.8 Å². The van der Waals surface area contributed by atoms with Gasteiger partial charge in [0, 0.05) is 19.0 Å². The number of anilines is 3. The summed E-state index contributed by atoms with van der Waals surface area (Å²) in [7, 11) is 0. The maximum Gasteiger partial charge on any atom is 0.262 e. The Morgan fingerprint density at radius 3 is 3.00 bits per heavy atom. The SMILES string of the molecule is NC(=O)CCCNc1cc2c(cc1N)OCC(=O)N2. The predicted molar refractivity (Wildman–Crippen MR) is 71.9 cm³/mol. The maximum absolute atomic E-state index is 11.2. The van der Waals surface area contributed by atoms with Crippen LogP contribution >= 0.6 is 0 Å². The zero-order valence-electron chi connectivity index (χ0n) is 10.4. The number of fused-ring (bicyclic) bond motifs is 1. The smallest absolute Gasteiger partial charge is 0.262 e. The molecule has 0 saturated carbocycles. The molecule has 1 aliphatic rings. The molecule has 102 valence electrons. The Hall–Kier alpha value is -2.44. The van der Waals surface area contributed by atoms with E-state index in [-0.39, 0.29) is 18.4 Å². The summed E-state index contributed by atoms with van der Waals surface area (Å²) in [5.41, 5.74) is 12.7. The molecule has 0 aromatic heterocycles. The summed E-state index contributed by atoms with van der Waals surface area (Å²) in [6, 6.07) is 3.37. The van der Waals surface area contributed by atoms with E-state index in [0.717, 1.165) is 0 Å². The van der Waals surface area contributed by atoms with E-state index >= 15 is 0 Å². The van der Waals surface area contributed by atoms with Crippen LogP contribution in [0.1, 0.15) is 12.8 Å². The normalized spacial score (nSPS) is 13.2. The fourth-order valence-electron chi connectivity index (χ4n) is 1.78. The summed E-state index contributed by atoms with van der Waals surface area (Å²) in [5.74, 6) is 0.0256.